The van der Waals surface area contributed by atoms with E-state index in [-0.39, 0.29) is 12.1 Å². The summed E-state index contributed by atoms with van der Waals surface area (Å²) < 4.78 is 29.0. The van der Waals surface area contributed by atoms with Gasteiger partial charge in [0.15, 0.2) is 9.84 Å². The van der Waals surface area contributed by atoms with Crippen molar-refractivity contribution in [3.05, 3.63) is 0 Å². The predicted octanol–water partition coefficient (Wildman–Crippen LogP) is 0.262. The van der Waals surface area contributed by atoms with Gasteiger partial charge in [-0.25, -0.2) is 8.42 Å². The lowest BCUT2D eigenvalue weighted by atomic mass is 10.1. The Morgan fingerprint density at radius 3 is 2.63 bits per heavy atom. The average Bonchev–Trinajstić information content (AvgIpc) is 2.93. The molecule has 0 aliphatic carbocycles. The van der Waals surface area contributed by atoms with Crippen LogP contribution in [0.1, 0.15) is 26.2 Å². The maximum atomic E-state index is 11.5. The Morgan fingerprint density at radius 1 is 1.26 bits per heavy atom. The van der Waals surface area contributed by atoms with E-state index in [2.05, 4.69) is 17.1 Å². The summed E-state index contributed by atoms with van der Waals surface area (Å²) in [6, 6.07) is 0.182. The fourth-order valence-electron chi connectivity index (χ4n) is 2.96. The Bertz CT molecular complexity index is 385. The number of ether oxygens (including phenoxy) is 1. The lowest BCUT2D eigenvalue weighted by Gasteiger charge is -2.26. The van der Waals surface area contributed by atoms with Crippen molar-refractivity contribution in [3.8, 4) is 0 Å². The number of rotatable bonds is 6. The fourth-order valence-corrected chi connectivity index (χ4v) is 4.77. The molecule has 0 aromatic rings. The summed E-state index contributed by atoms with van der Waals surface area (Å²) in [4.78, 5) is 2.17. The highest BCUT2D eigenvalue weighted by molar-refractivity contribution is 7.91. The van der Waals surface area contributed by atoms with Gasteiger partial charge in [-0.05, 0) is 32.9 Å². The second-order valence-corrected chi connectivity index (χ2v) is 7.99. The first kappa shape index (κ1) is 15.2. The third-order valence-corrected chi connectivity index (χ3v) is 5.89. The zero-order chi connectivity index (χ0) is 13.9. The summed E-state index contributed by atoms with van der Waals surface area (Å²) in [6.45, 7) is 4.85. The van der Waals surface area contributed by atoms with Crippen LogP contribution in [-0.4, -0.2) is 69.8 Å². The first-order valence-corrected chi connectivity index (χ1v) is 9.09. The third kappa shape index (κ3) is 4.41. The van der Waals surface area contributed by atoms with Crippen LogP contribution in [0.5, 0.6) is 0 Å². The highest BCUT2D eigenvalue weighted by Gasteiger charge is 2.33. The molecule has 3 atom stereocenters. The molecule has 5 nitrogen and oxygen atoms in total. The van der Waals surface area contributed by atoms with Crippen molar-refractivity contribution in [2.24, 2.45) is 0 Å². The minimum absolute atomic E-state index is 0.182. The third-order valence-electron chi connectivity index (χ3n) is 4.14. The van der Waals surface area contributed by atoms with Crippen LogP contribution < -0.4 is 5.32 Å². The molecule has 19 heavy (non-hydrogen) atoms. The van der Waals surface area contributed by atoms with Gasteiger partial charge in [0.1, 0.15) is 0 Å². The molecule has 0 radical (unpaired) electrons. The molecule has 3 unspecified atom stereocenters. The second-order valence-electron chi connectivity index (χ2n) is 5.76. The SMILES string of the molecule is CCNCC1CCC(CN(C)C2CCS(=O)(=O)C2)O1. The zero-order valence-corrected chi connectivity index (χ0v) is 12.8. The number of likely N-dealkylation sites (N-methyl/N-ethyl adjacent to an activating group) is 2. The number of sulfone groups is 1. The molecule has 0 spiro atoms. The largest absolute Gasteiger partial charge is 0.372 e. The van der Waals surface area contributed by atoms with Crippen LogP contribution in [0.3, 0.4) is 0 Å². The van der Waals surface area contributed by atoms with Crippen molar-refractivity contribution in [2.75, 3.05) is 38.2 Å². The second kappa shape index (κ2) is 6.52. The Labute approximate surface area is 116 Å². The van der Waals surface area contributed by atoms with E-state index in [4.69, 9.17) is 4.74 Å². The van der Waals surface area contributed by atoms with Crippen LogP contribution in [0.25, 0.3) is 0 Å². The molecule has 2 rings (SSSR count). The van der Waals surface area contributed by atoms with E-state index in [1.54, 1.807) is 0 Å². The Hall–Kier alpha value is -0.170. The molecule has 2 aliphatic heterocycles. The number of hydrogen-bond acceptors (Lipinski definition) is 5. The van der Waals surface area contributed by atoms with Crippen LogP contribution in [0, 0.1) is 0 Å². The Kier molecular flexibility index (Phi) is 5.22. The number of hydrogen-bond donors (Lipinski definition) is 1. The van der Waals surface area contributed by atoms with Gasteiger partial charge in [0, 0.05) is 19.1 Å². The lowest BCUT2D eigenvalue weighted by molar-refractivity contribution is 0.0226. The van der Waals surface area contributed by atoms with E-state index >= 15 is 0 Å². The zero-order valence-electron chi connectivity index (χ0n) is 12.0. The van der Waals surface area contributed by atoms with Crippen LogP contribution in [0.2, 0.25) is 0 Å². The quantitative estimate of drug-likeness (QED) is 0.760. The molecule has 112 valence electrons. The van der Waals surface area contributed by atoms with Crippen molar-refractivity contribution in [3.63, 3.8) is 0 Å². The van der Waals surface area contributed by atoms with E-state index < -0.39 is 9.84 Å². The standard InChI is InChI=1S/C13H26N2O3S/c1-3-14-8-12-4-5-13(18-12)9-15(2)11-6-7-19(16,17)10-11/h11-14H,3-10H2,1-2H3. The van der Waals surface area contributed by atoms with Crippen molar-refractivity contribution >= 4 is 9.84 Å². The molecule has 0 bridgehead atoms. The van der Waals surface area contributed by atoms with Crippen molar-refractivity contribution in [2.45, 2.75) is 44.4 Å². The van der Waals surface area contributed by atoms with Crippen LogP contribution in [0.15, 0.2) is 0 Å². The molecule has 2 heterocycles. The van der Waals surface area contributed by atoms with E-state index in [0.29, 0.717) is 17.6 Å². The molecule has 0 aromatic heterocycles. The number of nitrogens with zero attached hydrogens (tertiary/aromatic N) is 1. The molecule has 0 amide bonds. The summed E-state index contributed by atoms with van der Waals surface area (Å²) in [5, 5.41) is 3.31. The van der Waals surface area contributed by atoms with Gasteiger partial charge in [0.05, 0.1) is 23.7 Å². The minimum Gasteiger partial charge on any atom is -0.372 e. The fraction of sp³-hybridized carbons (Fsp3) is 1.00. The van der Waals surface area contributed by atoms with Crippen LogP contribution >= 0.6 is 0 Å². The molecule has 0 aromatic carbocycles. The van der Waals surface area contributed by atoms with E-state index in [9.17, 15) is 8.42 Å². The molecule has 6 heteroatoms. The van der Waals surface area contributed by atoms with Gasteiger partial charge in [-0.15, -0.1) is 0 Å². The summed E-state index contributed by atoms with van der Waals surface area (Å²) in [7, 11) is -0.769. The predicted molar refractivity (Wildman–Crippen MR) is 76.1 cm³/mol. The summed E-state index contributed by atoms with van der Waals surface area (Å²) in [5.74, 6) is 0.660. The maximum Gasteiger partial charge on any atom is 0.151 e. The Balaban J connectivity index is 1.73. The van der Waals surface area contributed by atoms with E-state index in [1.807, 2.05) is 7.05 Å². The molecule has 0 saturated carbocycles. The molecule has 2 fully saturated rings. The van der Waals surface area contributed by atoms with Gasteiger partial charge in [-0.1, -0.05) is 6.92 Å². The van der Waals surface area contributed by atoms with Gasteiger partial charge >= 0.3 is 0 Å². The molecular weight excluding hydrogens is 264 g/mol. The van der Waals surface area contributed by atoms with E-state index in [0.717, 1.165) is 38.9 Å². The average molecular weight is 290 g/mol. The molecule has 2 aliphatic rings. The molecule has 2 saturated heterocycles. The monoisotopic (exact) mass is 290 g/mol. The van der Waals surface area contributed by atoms with Gasteiger partial charge in [0.2, 0.25) is 0 Å². The topological polar surface area (TPSA) is 58.6 Å². The van der Waals surface area contributed by atoms with Gasteiger partial charge in [-0.3, -0.25) is 4.90 Å². The first-order chi connectivity index (χ1) is 9.00. The van der Waals surface area contributed by atoms with Gasteiger partial charge < -0.3 is 10.1 Å². The van der Waals surface area contributed by atoms with Crippen LogP contribution in [0.4, 0.5) is 0 Å². The first-order valence-electron chi connectivity index (χ1n) is 7.27. The van der Waals surface area contributed by atoms with Crippen molar-refractivity contribution < 1.29 is 13.2 Å². The smallest absolute Gasteiger partial charge is 0.151 e. The van der Waals surface area contributed by atoms with Crippen LogP contribution in [-0.2, 0) is 14.6 Å². The molecule has 1 N–H and O–H groups in total. The normalized spacial score (nSPS) is 34.2. The highest BCUT2D eigenvalue weighted by atomic mass is 32.2. The number of nitrogens with one attached hydrogen (secondary N) is 1. The lowest BCUT2D eigenvalue weighted by Crippen LogP contribution is -2.38. The van der Waals surface area contributed by atoms with Gasteiger partial charge in [0.25, 0.3) is 0 Å². The van der Waals surface area contributed by atoms with Crippen molar-refractivity contribution in [1.29, 1.82) is 0 Å². The summed E-state index contributed by atoms with van der Waals surface area (Å²) >= 11 is 0. The maximum absolute atomic E-state index is 11.5. The summed E-state index contributed by atoms with van der Waals surface area (Å²) in [5.41, 5.74) is 0. The minimum atomic E-state index is -2.79. The summed E-state index contributed by atoms with van der Waals surface area (Å²) in [6.07, 6.45) is 3.54. The molecular formula is C13H26N2O3S. The highest BCUT2D eigenvalue weighted by Crippen LogP contribution is 2.22. The Morgan fingerprint density at radius 2 is 2.00 bits per heavy atom. The van der Waals surface area contributed by atoms with Crippen molar-refractivity contribution in [1.82, 2.24) is 10.2 Å². The van der Waals surface area contributed by atoms with Gasteiger partial charge in [-0.2, -0.15) is 0 Å². The van der Waals surface area contributed by atoms with E-state index in [1.165, 1.54) is 0 Å².